The summed E-state index contributed by atoms with van der Waals surface area (Å²) >= 11 is 1.51. The summed E-state index contributed by atoms with van der Waals surface area (Å²) in [5.41, 5.74) is 1.90. The molecule has 2 aromatic heterocycles. The lowest BCUT2D eigenvalue weighted by molar-refractivity contribution is 0.0740. The number of aromatic nitrogens is 2. The Morgan fingerprint density at radius 3 is 2.48 bits per heavy atom. The molecule has 4 nitrogen and oxygen atoms in total. The minimum Gasteiger partial charge on any atom is -0.422 e. The summed E-state index contributed by atoms with van der Waals surface area (Å²) in [5, 5.41) is 0. The van der Waals surface area contributed by atoms with E-state index in [2.05, 4.69) is 16.9 Å². The zero-order valence-electron chi connectivity index (χ0n) is 14.4. The Kier molecular flexibility index (Phi) is 5.56. The first kappa shape index (κ1) is 17.3. The number of carbonyl (C=O) groups is 1. The predicted octanol–water partition coefficient (Wildman–Crippen LogP) is 5.08. The zero-order chi connectivity index (χ0) is 17.6. The normalized spacial score (nSPS) is 10.6. The van der Waals surface area contributed by atoms with Crippen LogP contribution in [0.3, 0.4) is 0 Å². The molecule has 0 aliphatic carbocycles. The molecule has 0 radical (unpaired) electrons. The molecule has 0 atom stereocenters. The fraction of sp³-hybridized carbons (Fsp3) is 0.250. The second-order valence-electron chi connectivity index (χ2n) is 5.87. The quantitative estimate of drug-likeness (QED) is 0.459. The van der Waals surface area contributed by atoms with Crippen LogP contribution in [0.4, 0.5) is 0 Å². The second kappa shape index (κ2) is 8.03. The summed E-state index contributed by atoms with van der Waals surface area (Å²) in [6.07, 6.45) is 6.86. The van der Waals surface area contributed by atoms with Crippen LogP contribution in [0.1, 0.15) is 39.9 Å². The van der Waals surface area contributed by atoms with Crippen molar-refractivity contribution in [1.82, 2.24) is 9.97 Å². The van der Waals surface area contributed by atoms with Gasteiger partial charge in [0.15, 0.2) is 5.82 Å². The molecule has 0 spiro atoms. The molecule has 5 heteroatoms. The van der Waals surface area contributed by atoms with Crippen LogP contribution in [-0.4, -0.2) is 15.9 Å². The Balaban J connectivity index is 1.65. The third-order valence-electron chi connectivity index (χ3n) is 3.74. The Morgan fingerprint density at radius 2 is 1.80 bits per heavy atom. The van der Waals surface area contributed by atoms with E-state index in [1.165, 1.54) is 16.2 Å². The van der Waals surface area contributed by atoms with Crippen molar-refractivity contribution in [2.24, 2.45) is 0 Å². The van der Waals surface area contributed by atoms with Gasteiger partial charge in [0, 0.05) is 22.8 Å². The average Bonchev–Trinajstić information content (AvgIpc) is 3.10. The number of unbranched alkanes of at least 4 members (excludes halogenated alkanes) is 1. The van der Waals surface area contributed by atoms with Crippen LogP contribution in [-0.2, 0) is 6.42 Å². The van der Waals surface area contributed by atoms with Gasteiger partial charge in [-0.1, -0.05) is 13.3 Å². The maximum Gasteiger partial charge on any atom is 0.353 e. The average molecular weight is 352 g/mol. The van der Waals surface area contributed by atoms with E-state index in [-0.39, 0.29) is 5.97 Å². The van der Waals surface area contributed by atoms with Crippen molar-refractivity contribution < 1.29 is 9.53 Å². The van der Waals surface area contributed by atoms with E-state index in [9.17, 15) is 4.79 Å². The molecule has 0 aliphatic heterocycles. The minimum absolute atomic E-state index is 0.313. The maximum atomic E-state index is 12.3. The third-order valence-corrected chi connectivity index (χ3v) is 4.87. The van der Waals surface area contributed by atoms with Gasteiger partial charge in [-0.2, -0.15) is 0 Å². The number of ether oxygens (including phenoxy) is 1. The van der Waals surface area contributed by atoms with Crippen molar-refractivity contribution in [1.29, 1.82) is 0 Å². The van der Waals surface area contributed by atoms with Crippen molar-refractivity contribution in [2.45, 2.75) is 33.1 Å². The summed E-state index contributed by atoms with van der Waals surface area (Å²) in [6.45, 7) is 4.11. The Morgan fingerprint density at radius 1 is 1.08 bits per heavy atom. The van der Waals surface area contributed by atoms with Gasteiger partial charge in [0.25, 0.3) is 0 Å². The van der Waals surface area contributed by atoms with Crippen LogP contribution >= 0.6 is 11.3 Å². The largest absolute Gasteiger partial charge is 0.422 e. The lowest BCUT2D eigenvalue weighted by Crippen LogP contribution is -2.06. The monoisotopic (exact) mass is 352 g/mol. The summed E-state index contributed by atoms with van der Waals surface area (Å²) in [7, 11) is 0. The van der Waals surface area contributed by atoms with Crippen LogP contribution in [0.5, 0.6) is 5.75 Å². The number of esters is 1. The molecule has 0 N–H and O–H groups in total. The molecule has 0 saturated heterocycles. The van der Waals surface area contributed by atoms with Gasteiger partial charge < -0.3 is 4.74 Å². The summed E-state index contributed by atoms with van der Waals surface area (Å²) in [4.78, 5) is 22.7. The van der Waals surface area contributed by atoms with Crippen molar-refractivity contribution in [3.8, 4) is 17.1 Å². The fourth-order valence-electron chi connectivity index (χ4n) is 2.34. The predicted molar refractivity (Wildman–Crippen MR) is 100 cm³/mol. The number of aryl methyl sites for hydroxylation is 2. The summed E-state index contributed by atoms with van der Waals surface area (Å²) < 4.78 is 5.46. The first-order valence-electron chi connectivity index (χ1n) is 8.35. The lowest BCUT2D eigenvalue weighted by Gasteiger charge is -2.04. The fourth-order valence-corrected chi connectivity index (χ4v) is 3.27. The number of rotatable bonds is 6. The molecule has 0 saturated carbocycles. The summed E-state index contributed by atoms with van der Waals surface area (Å²) in [6, 6.07) is 11.1. The van der Waals surface area contributed by atoms with E-state index in [1.54, 1.807) is 24.5 Å². The molecule has 25 heavy (non-hydrogen) atoms. The van der Waals surface area contributed by atoms with Gasteiger partial charge in [-0.05, 0) is 61.7 Å². The molecule has 3 aromatic rings. The molecule has 1 aromatic carbocycles. The van der Waals surface area contributed by atoms with Gasteiger partial charge in [0.1, 0.15) is 10.6 Å². The van der Waals surface area contributed by atoms with E-state index in [0.717, 1.165) is 30.4 Å². The molecular weight excluding hydrogens is 332 g/mol. The topological polar surface area (TPSA) is 52.1 Å². The SMILES string of the molecule is CCCCc1ccc(C(=O)Oc2ccc(-c3ncc(C)cn3)cc2)s1. The minimum atomic E-state index is -0.313. The zero-order valence-corrected chi connectivity index (χ0v) is 15.2. The maximum absolute atomic E-state index is 12.3. The molecule has 3 rings (SSSR count). The molecule has 0 fully saturated rings. The highest BCUT2D eigenvalue weighted by molar-refractivity contribution is 7.13. The van der Waals surface area contributed by atoms with Crippen molar-refractivity contribution in [3.05, 3.63) is 64.1 Å². The van der Waals surface area contributed by atoms with Crippen molar-refractivity contribution in [2.75, 3.05) is 0 Å². The Labute approximate surface area is 151 Å². The number of benzene rings is 1. The highest BCUT2D eigenvalue weighted by atomic mass is 32.1. The van der Waals surface area contributed by atoms with Gasteiger partial charge in [-0.15, -0.1) is 11.3 Å². The van der Waals surface area contributed by atoms with Gasteiger partial charge in [-0.25, -0.2) is 14.8 Å². The number of nitrogens with zero attached hydrogens (tertiary/aromatic N) is 2. The highest BCUT2D eigenvalue weighted by Crippen LogP contribution is 2.23. The third kappa shape index (κ3) is 4.51. The molecule has 2 heterocycles. The van der Waals surface area contributed by atoms with Gasteiger partial charge >= 0.3 is 5.97 Å². The van der Waals surface area contributed by atoms with Crippen molar-refractivity contribution in [3.63, 3.8) is 0 Å². The number of hydrogen-bond acceptors (Lipinski definition) is 5. The van der Waals surface area contributed by atoms with Crippen molar-refractivity contribution >= 4 is 17.3 Å². The summed E-state index contributed by atoms with van der Waals surface area (Å²) in [5.74, 6) is 0.860. The first-order valence-corrected chi connectivity index (χ1v) is 9.17. The van der Waals surface area contributed by atoms with Gasteiger partial charge in [0.2, 0.25) is 0 Å². The molecule has 0 bridgehead atoms. The van der Waals surface area contributed by atoms with Crippen LogP contribution in [0.25, 0.3) is 11.4 Å². The molecular formula is C20H20N2O2S. The van der Waals surface area contributed by atoms with Gasteiger partial charge in [0.05, 0.1) is 0 Å². The number of carbonyl (C=O) groups excluding carboxylic acids is 1. The Hall–Kier alpha value is -2.53. The molecule has 128 valence electrons. The number of thiophene rings is 1. The smallest absolute Gasteiger partial charge is 0.353 e. The van der Waals surface area contributed by atoms with E-state index < -0.39 is 0 Å². The van der Waals surface area contributed by atoms with Crippen LogP contribution in [0.15, 0.2) is 48.8 Å². The molecule has 0 aliphatic rings. The standard InChI is InChI=1S/C20H20N2O2S/c1-3-4-5-17-10-11-18(25-17)20(23)24-16-8-6-15(7-9-16)19-21-12-14(2)13-22-19/h6-13H,3-5H2,1-2H3. The van der Waals surface area contributed by atoms with Gasteiger partial charge in [-0.3, -0.25) is 0 Å². The lowest BCUT2D eigenvalue weighted by atomic mass is 10.2. The van der Waals surface area contributed by atoms with E-state index in [1.807, 2.05) is 31.2 Å². The highest BCUT2D eigenvalue weighted by Gasteiger charge is 2.12. The molecule has 0 unspecified atom stereocenters. The van der Waals surface area contributed by atoms with Crippen LogP contribution in [0.2, 0.25) is 0 Å². The second-order valence-corrected chi connectivity index (χ2v) is 7.04. The van der Waals surface area contributed by atoms with Crippen LogP contribution < -0.4 is 4.74 Å². The van der Waals surface area contributed by atoms with E-state index in [4.69, 9.17) is 4.74 Å². The molecule has 0 amide bonds. The van der Waals surface area contributed by atoms with E-state index in [0.29, 0.717) is 16.5 Å². The Bertz CT molecular complexity index is 839. The number of hydrogen-bond donors (Lipinski definition) is 0. The van der Waals surface area contributed by atoms with E-state index >= 15 is 0 Å². The van der Waals surface area contributed by atoms with Crippen LogP contribution in [0, 0.1) is 6.92 Å². The first-order chi connectivity index (χ1) is 12.2.